The largest absolute Gasteiger partial charge is 0.443 e. The smallest absolute Gasteiger partial charge is 0.236 e. The van der Waals surface area contributed by atoms with Gasteiger partial charge in [-0.3, -0.25) is 0 Å². The Morgan fingerprint density at radius 1 is 1.37 bits per heavy atom. The molecule has 1 fully saturated rings. The summed E-state index contributed by atoms with van der Waals surface area (Å²) in [5.74, 6) is 2.40. The fourth-order valence-corrected chi connectivity index (χ4v) is 3.85. The molecule has 1 aliphatic heterocycles. The van der Waals surface area contributed by atoms with Crippen LogP contribution < -0.4 is 10.6 Å². The molecule has 0 aromatic carbocycles. The van der Waals surface area contributed by atoms with Gasteiger partial charge in [-0.15, -0.1) is 11.3 Å². The Labute approximate surface area is 166 Å². The first-order chi connectivity index (χ1) is 13.2. The van der Waals surface area contributed by atoms with E-state index in [-0.39, 0.29) is 0 Å². The van der Waals surface area contributed by atoms with Gasteiger partial charge in [0.05, 0.1) is 11.4 Å². The summed E-state index contributed by atoms with van der Waals surface area (Å²) in [5, 5.41) is 8.75. The van der Waals surface area contributed by atoms with E-state index in [0.29, 0.717) is 12.4 Å². The summed E-state index contributed by atoms with van der Waals surface area (Å²) in [5.41, 5.74) is 0.845. The van der Waals surface area contributed by atoms with Gasteiger partial charge >= 0.3 is 0 Å². The van der Waals surface area contributed by atoms with Crippen LogP contribution in [0.2, 0.25) is 0 Å². The summed E-state index contributed by atoms with van der Waals surface area (Å²) in [6, 6.07) is 4.01. The first-order valence-electron chi connectivity index (χ1n) is 9.97. The molecule has 7 heteroatoms. The van der Waals surface area contributed by atoms with Crippen LogP contribution in [0.3, 0.4) is 0 Å². The van der Waals surface area contributed by atoms with Crippen molar-refractivity contribution in [2.45, 2.75) is 39.7 Å². The van der Waals surface area contributed by atoms with Crippen LogP contribution in [0, 0.1) is 5.92 Å². The molecule has 3 rings (SSSR count). The van der Waals surface area contributed by atoms with Crippen LogP contribution in [0.25, 0.3) is 10.8 Å². The molecule has 6 nitrogen and oxygen atoms in total. The highest BCUT2D eigenvalue weighted by Gasteiger charge is 2.14. The van der Waals surface area contributed by atoms with Crippen molar-refractivity contribution in [1.82, 2.24) is 20.5 Å². The Morgan fingerprint density at radius 3 is 2.96 bits per heavy atom. The Balaban J connectivity index is 1.42. The van der Waals surface area contributed by atoms with E-state index in [9.17, 15) is 0 Å². The van der Waals surface area contributed by atoms with Gasteiger partial charge in [0.2, 0.25) is 5.89 Å². The molecule has 2 N–H and O–H groups in total. The lowest BCUT2D eigenvalue weighted by molar-refractivity contribution is 0.191. The van der Waals surface area contributed by atoms with Crippen molar-refractivity contribution in [1.29, 1.82) is 0 Å². The van der Waals surface area contributed by atoms with E-state index in [1.165, 1.54) is 25.9 Å². The number of aliphatic imine (C=N–C) groups is 1. The lowest BCUT2D eigenvalue weighted by Crippen LogP contribution is -2.39. The Kier molecular flexibility index (Phi) is 7.71. The van der Waals surface area contributed by atoms with Gasteiger partial charge in [0.25, 0.3) is 0 Å². The minimum Gasteiger partial charge on any atom is -0.443 e. The fraction of sp³-hybridized carbons (Fsp3) is 0.600. The Morgan fingerprint density at radius 2 is 2.22 bits per heavy atom. The zero-order chi connectivity index (χ0) is 18.9. The molecule has 1 saturated heterocycles. The molecule has 0 amide bonds. The molecule has 0 unspecified atom stereocenters. The molecule has 1 aliphatic rings. The van der Waals surface area contributed by atoms with Gasteiger partial charge < -0.3 is 20.0 Å². The maximum Gasteiger partial charge on any atom is 0.236 e. The van der Waals surface area contributed by atoms with E-state index in [0.717, 1.165) is 48.5 Å². The minimum absolute atomic E-state index is 0.508. The Hall–Kier alpha value is -1.86. The predicted molar refractivity (Wildman–Crippen MR) is 112 cm³/mol. The number of oxazole rings is 1. The number of guanidine groups is 1. The molecule has 0 spiro atoms. The van der Waals surface area contributed by atoms with E-state index < -0.39 is 0 Å². The third-order valence-corrected chi connectivity index (χ3v) is 5.70. The lowest BCUT2D eigenvalue weighted by Gasteiger charge is -2.30. The fourth-order valence-electron chi connectivity index (χ4n) is 3.19. The van der Waals surface area contributed by atoms with E-state index in [1.807, 2.05) is 17.5 Å². The van der Waals surface area contributed by atoms with Crippen LogP contribution in [0.15, 0.2) is 33.2 Å². The van der Waals surface area contributed by atoms with E-state index in [4.69, 9.17) is 4.42 Å². The molecular weight excluding hydrogens is 358 g/mol. The number of likely N-dealkylation sites (tertiary alicyclic amines) is 1. The van der Waals surface area contributed by atoms with Gasteiger partial charge in [0, 0.05) is 13.1 Å². The van der Waals surface area contributed by atoms with E-state index in [1.54, 1.807) is 17.6 Å². The van der Waals surface area contributed by atoms with E-state index >= 15 is 0 Å². The molecule has 148 valence electrons. The first kappa shape index (κ1) is 19.9. The zero-order valence-corrected chi connectivity index (χ0v) is 17.2. The van der Waals surface area contributed by atoms with E-state index in [2.05, 4.69) is 39.4 Å². The average Bonchev–Trinajstić information content (AvgIpc) is 3.36. The third kappa shape index (κ3) is 6.36. The summed E-state index contributed by atoms with van der Waals surface area (Å²) < 4.78 is 5.56. The minimum atomic E-state index is 0.508. The summed E-state index contributed by atoms with van der Waals surface area (Å²) in [6.45, 7) is 10.4. The number of nitrogens with one attached hydrogen (secondary N) is 2. The van der Waals surface area contributed by atoms with Crippen molar-refractivity contribution in [3.63, 3.8) is 0 Å². The molecule has 3 heterocycles. The summed E-state index contributed by atoms with van der Waals surface area (Å²) in [4.78, 5) is 12.8. The predicted octanol–water partition coefficient (Wildman–Crippen LogP) is 3.58. The highest BCUT2D eigenvalue weighted by Crippen LogP contribution is 2.23. The Bertz CT molecular complexity index is 689. The highest BCUT2D eigenvalue weighted by molar-refractivity contribution is 7.13. The number of rotatable bonds is 8. The zero-order valence-electron chi connectivity index (χ0n) is 16.4. The monoisotopic (exact) mass is 389 g/mol. The van der Waals surface area contributed by atoms with Gasteiger partial charge in [-0.2, -0.15) is 0 Å². The third-order valence-electron chi connectivity index (χ3n) is 4.85. The van der Waals surface area contributed by atoms with Gasteiger partial charge in [-0.25, -0.2) is 9.98 Å². The molecule has 2 aromatic heterocycles. The van der Waals surface area contributed by atoms with Gasteiger partial charge in [-0.1, -0.05) is 13.0 Å². The molecule has 0 saturated carbocycles. The SMILES string of the molecule is CCNC(=NCc1coc(-c2cccs2)n1)NCCCN1CCC(C)CC1. The van der Waals surface area contributed by atoms with Crippen LogP contribution in [0.1, 0.15) is 38.8 Å². The summed E-state index contributed by atoms with van der Waals surface area (Å²) >= 11 is 1.63. The van der Waals surface area contributed by atoms with Crippen molar-refractivity contribution in [3.8, 4) is 10.8 Å². The van der Waals surface area contributed by atoms with Crippen molar-refractivity contribution in [2.24, 2.45) is 10.9 Å². The molecule has 2 aromatic rings. The van der Waals surface area contributed by atoms with Crippen molar-refractivity contribution >= 4 is 17.3 Å². The molecule has 27 heavy (non-hydrogen) atoms. The quantitative estimate of drug-likeness (QED) is 0.410. The molecule has 0 atom stereocenters. The van der Waals surface area contributed by atoms with Crippen molar-refractivity contribution in [3.05, 3.63) is 29.5 Å². The van der Waals surface area contributed by atoms with Gasteiger partial charge in [0.15, 0.2) is 5.96 Å². The van der Waals surface area contributed by atoms with Crippen molar-refractivity contribution in [2.75, 3.05) is 32.7 Å². The standard InChI is InChI=1S/C20H31N5OS/c1-3-21-20(22-9-5-10-25-11-7-16(2)8-12-25)23-14-17-15-26-19(24-17)18-6-4-13-27-18/h4,6,13,15-16H,3,5,7-12,14H2,1-2H3,(H2,21,22,23). The number of thiophene rings is 1. The van der Waals surface area contributed by atoms with Gasteiger partial charge in [0.1, 0.15) is 12.0 Å². The number of nitrogens with zero attached hydrogens (tertiary/aromatic N) is 3. The lowest BCUT2D eigenvalue weighted by atomic mass is 9.99. The molecule has 0 aliphatic carbocycles. The maximum atomic E-state index is 5.56. The second-order valence-electron chi connectivity index (χ2n) is 7.12. The first-order valence-corrected chi connectivity index (χ1v) is 10.9. The maximum absolute atomic E-state index is 5.56. The normalized spacial score (nSPS) is 16.6. The molecule has 0 radical (unpaired) electrons. The number of aromatic nitrogens is 1. The molecule has 0 bridgehead atoms. The van der Waals surface area contributed by atoms with Crippen LogP contribution in [0.4, 0.5) is 0 Å². The molecular formula is C20H31N5OS. The second kappa shape index (κ2) is 10.5. The van der Waals surface area contributed by atoms with Gasteiger partial charge in [-0.05, 0) is 63.2 Å². The van der Waals surface area contributed by atoms with Crippen LogP contribution in [-0.4, -0.2) is 48.6 Å². The second-order valence-corrected chi connectivity index (χ2v) is 8.07. The number of piperidine rings is 1. The average molecular weight is 390 g/mol. The highest BCUT2D eigenvalue weighted by atomic mass is 32.1. The van der Waals surface area contributed by atoms with Crippen LogP contribution in [0.5, 0.6) is 0 Å². The van der Waals surface area contributed by atoms with Crippen molar-refractivity contribution < 1.29 is 4.42 Å². The number of hydrogen-bond acceptors (Lipinski definition) is 5. The summed E-state index contributed by atoms with van der Waals surface area (Å²) in [6.07, 6.45) is 5.50. The topological polar surface area (TPSA) is 65.7 Å². The number of hydrogen-bond donors (Lipinski definition) is 2. The van der Waals surface area contributed by atoms with Crippen LogP contribution in [-0.2, 0) is 6.54 Å². The summed E-state index contributed by atoms with van der Waals surface area (Å²) in [7, 11) is 0. The van der Waals surface area contributed by atoms with Crippen LogP contribution >= 0.6 is 11.3 Å².